The van der Waals surface area contributed by atoms with Gasteiger partial charge in [0.1, 0.15) is 5.60 Å². The molecule has 2 atom stereocenters. The second kappa shape index (κ2) is 7.10. The van der Waals surface area contributed by atoms with E-state index in [0.29, 0.717) is 12.5 Å². The quantitative estimate of drug-likeness (QED) is 0.850. The van der Waals surface area contributed by atoms with Gasteiger partial charge in [-0.15, -0.1) is 0 Å². The summed E-state index contributed by atoms with van der Waals surface area (Å²) in [7, 11) is 1.73. The Balaban J connectivity index is 2.30. The molecule has 0 saturated carbocycles. The van der Waals surface area contributed by atoms with Crippen LogP contribution >= 0.6 is 0 Å². The number of likely N-dealkylation sites (N-methyl/N-ethyl adjacent to an activating group) is 1. The Bertz CT molecular complexity index is 283. The third-order valence-corrected chi connectivity index (χ3v) is 3.10. The van der Waals surface area contributed by atoms with Crippen molar-refractivity contribution in [3.8, 4) is 0 Å². The third-order valence-electron chi connectivity index (χ3n) is 3.10. The Morgan fingerprint density at radius 1 is 1.53 bits per heavy atom. The molecule has 0 aliphatic carbocycles. The molecule has 1 amide bonds. The van der Waals surface area contributed by atoms with Crippen LogP contribution in [0.4, 0.5) is 4.79 Å². The number of rotatable bonds is 4. The molecule has 0 aromatic carbocycles. The minimum Gasteiger partial charge on any atom is -0.444 e. The molecule has 5 nitrogen and oxygen atoms in total. The summed E-state index contributed by atoms with van der Waals surface area (Å²) in [6, 6.07) is -0.0239. The molecule has 0 aromatic heterocycles. The van der Waals surface area contributed by atoms with E-state index in [0.717, 1.165) is 26.1 Å². The lowest BCUT2D eigenvalue weighted by Crippen LogP contribution is -2.42. The van der Waals surface area contributed by atoms with Crippen LogP contribution in [0.3, 0.4) is 0 Å². The predicted octanol–water partition coefficient (Wildman–Crippen LogP) is 2.00. The van der Waals surface area contributed by atoms with Gasteiger partial charge in [0.15, 0.2) is 0 Å². The summed E-state index contributed by atoms with van der Waals surface area (Å²) < 4.78 is 10.7. The van der Waals surface area contributed by atoms with Crippen molar-refractivity contribution in [2.45, 2.75) is 51.7 Å². The molecular weight excluding hydrogens is 244 g/mol. The van der Waals surface area contributed by atoms with Crippen LogP contribution in [-0.4, -0.2) is 49.4 Å². The van der Waals surface area contributed by atoms with Crippen LogP contribution in [0.5, 0.6) is 0 Å². The van der Waals surface area contributed by atoms with Crippen LogP contribution in [0.1, 0.15) is 40.0 Å². The van der Waals surface area contributed by atoms with Crippen molar-refractivity contribution in [2.75, 3.05) is 26.8 Å². The fourth-order valence-electron chi connectivity index (χ4n) is 2.26. The number of nitrogens with zero attached hydrogens (tertiary/aromatic N) is 1. The van der Waals surface area contributed by atoms with Gasteiger partial charge in [0.2, 0.25) is 0 Å². The van der Waals surface area contributed by atoms with E-state index >= 15 is 0 Å². The fourth-order valence-corrected chi connectivity index (χ4v) is 2.26. The van der Waals surface area contributed by atoms with Crippen LogP contribution in [-0.2, 0) is 9.47 Å². The SMILES string of the molecule is CN(CC(N)CC1CCCOC1)C(=O)OC(C)(C)C. The molecule has 1 aliphatic rings. The highest BCUT2D eigenvalue weighted by molar-refractivity contribution is 5.67. The van der Waals surface area contributed by atoms with Gasteiger partial charge in [0, 0.05) is 32.8 Å². The van der Waals surface area contributed by atoms with E-state index in [9.17, 15) is 4.79 Å². The first kappa shape index (κ1) is 16.2. The summed E-state index contributed by atoms with van der Waals surface area (Å²) in [6.07, 6.45) is 2.86. The molecule has 0 aromatic rings. The van der Waals surface area contributed by atoms with E-state index in [1.165, 1.54) is 6.42 Å². The van der Waals surface area contributed by atoms with Gasteiger partial charge in [-0.3, -0.25) is 0 Å². The number of hydrogen-bond donors (Lipinski definition) is 1. The lowest BCUT2D eigenvalue weighted by Gasteiger charge is -2.29. The molecule has 1 saturated heterocycles. The first-order valence-electron chi connectivity index (χ1n) is 7.05. The Morgan fingerprint density at radius 3 is 2.74 bits per heavy atom. The monoisotopic (exact) mass is 272 g/mol. The fraction of sp³-hybridized carbons (Fsp3) is 0.929. The number of hydrogen-bond acceptors (Lipinski definition) is 4. The molecule has 0 spiro atoms. The Hall–Kier alpha value is -0.810. The zero-order valence-corrected chi connectivity index (χ0v) is 12.6. The Kier molecular flexibility index (Phi) is 6.07. The van der Waals surface area contributed by atoms with Crippen LogP contribution < -0.4 is 5.73 Å². The highest BCUT2D eigenvalue weighted by atomic mass is 16.6. The van der Waals surface area contributed by atoms with Crippen LogP contribution in [0.2, 0.25) is 0 Å². The van der Waals surface area contributed by atoms with E-state index in [-0.39, 0.29) is 12.1 Å². The summed E-state index contributed by atoms with van der Waals surface area (Å²) >= 11 is 0. The van der Waals surface area contributed by atoms with Crippen molar-refractivity contribution in [1.29, 1.82) is 0 Å². The van der Waals surface area contributed by atoms with Gasteiger partial charge in [-0.05, 0) is 46.0 Å². The van der Waals surface area contributed by atoms with Crippen LogP contribution in [0, 0.1) is 5.92 Å². The zero-order chi connectivity index (χ0) is 14.5. The summed E-state index contributed by atoms with van der Waals surface area (Å²) in [5.74, 6) is 0.524. The van der Waals surface area contributed by atoms with E-state index in [1.54, 1.807) is 11.9 Å². The number of ether oxygens (including phenoxy) is 2. The number of amides is 1. The van der Waals surface area contributed by atoms with Crippen molar-refractivity contribution in [2.24, 2.45) is 11.7 Å². The van der Waals surface area contributed by atoms with Gasteiger partial charge in [-0.2, -0.15) is 0 Å². The van der Waals surface area contributed by atoms with Crippen molar-refractivity contribution >= 4 is 6.09 Å². The highest BCUT2D eigenvalue weighted by Crippen LogP contribution is 2.18. The van der Waals surface area contributed by atoms with E-state index < -0.39 is 5.60 Å². The summed E-state index contributed by atoms with van der Waals surface area (Å²) in [4.78, 5) is 13.4. The summed E-state index contributed by atoms with van der Waals surface area (Å²) in [5.41, 5.74) is 5.64. The minimum absolute atomic E-state index is 0.0239. The third kappa shape index (κ3) is 6.78. The molecule has 0 radical (unpaired) electrons. The van der Waals surface area contributed by atoms with Crippen molar-refractivity contribution in [3.63, 3.8) is 0 Å². The second-order valence-electron chi connectivity index (χ2n) is 6.44. The predicted molar refractivity (Wildman–Crippen MR) is 75.0 cm³/mol. The maximum absolute atomic E-state index is 11.8. The molecule has 1 rings (SSSR count). The highest BCUT2D eigenvalue weighted by Gasteiger charge is 2.23. The normalized spacial score (nSPS) is 21.8. The largest absolute Gasteiger partial charge is 0.444 e. The molecule has 1 aliphatic heterocycles. The number of carbonyl (C=O) groups excluding carboxylic acids is 1. The Morgan fingerprint density at radius 2 is 2.21 bits per heavy atom. The van der Waals surface area contributed by atoms with E-state index in [2.05, 4.69) is 0 Å². The summed E-state index contributed by atoms with van der Waals surface area (Å²) in [5, 5.41) is 0. The molecule has 5 heteroatoms. The van der Waals surface area contributed by atoms with Gasteiger partial charge in [-0.1, -0.05) is 0 Å². The molecule has 19 heavy (non-hydrogen) atoms. The van der Waals surface area contributed by atoms with Crippen LogP contribution in [0.15, 0.2) is 0 Å². The first-order chi connectivity index (χ1) is 8.78. The zero-order valence-electron chi connectivity index (χ0n) is 12.6. The average Bonchev–Trinajstić information content (AvgIpc) is 2.27. The molecule has 2 unspecified atom stereocenters. The molecule has 0 bridgehead atoms. The van der Waals surface area contributed by atoms with Crippen molar-refractivity contribution in [3.05, 3.63) is 0 Å². The van der Waals surface area contributed by atoms with Gasteiger partial charge >= 0.3 is 6.09 Å². The lowest BCUT2D eigenvalue weighted by molar-refractivity contribution is 0.0262. The lowest BCUT2D eigenvalue weighted by atomic mass is 9.94. The minimum atomic E-state index is -0.466. The number of carbonyl (C=O) groups is 1. The van der Waals surface area contributed by atoms with Gasteiger partial charge in [-0.25, -0.2) is 4.79 Å². The van der Waals surface area contributed by atoms with Crippen molar-refractivity contribution in [1.82, 2.24) is 4.90 Å². The maximum atomic E-state index is 11.8. The van der Waals surface area contributed by atoms with Gasteiger partial charge < -0.3 is 20.1 Å². The van der Waals surface area contributed by atoms with E-state index in [4.69, 9.17) is 15.2 Å². The molecule has 1 fully saturated rings. The maximum Gasteiger partial charge on any atom is 0.410 e. The molecular formula is C14H28N2O3. The standard InChI is InChI=1S/C14H28N2O3/c1-14(2,3)19-13(17)16(4)9-12(15)8-11-6-5-7-18-10-11/h11-12H,5-10,15H2,1-4H3. The molecule has 1 heterocycles. The smallest absolute Gasteiger partial charge is 0.410 e. The topological polar surface area (TPSA) is 64.8 Å². The van der Waals surface area contributed by atoms with Crippen molar-refractivity contribution < 1.29 is 14.3 Å². The van der Waals surface area contributed by atoms with E-state index in [1.807, 2.05) is 20.8 Å². The second-order valence-corrected chi connectivity index (χ2v) is 6.44. The van der Waals surface area contributed by atoms with Crippen LogP contribution in [0.25, 0.3) is 0 Å². The molecule has 112 valence electrons. The summed E-state index contributed by atoms with van der Waals surface area (Å²) in [6.45, 7) is 7.76. The van der Waals surface area contributed by atoms with Gasteiger partial charge in [0.25, 0.3) is 0 Å². The average molecular weight is 272 g/mol. The molecule has 2 N–H and O–H groups in total. The van der Waals surface area contributed by atoms with Gasteiger partial charge in [0.05, 0.1) is 0 Å². The Labute approximate surface area is 116 Å². The first-order valence-corrected chi connectivity index (χ1v) is 7.05. The number of nitrogens with two attached hydrogens (primary N) is 1.